The van der Waals surface area contributed by atoms with Crippen LogP contribution in [0.3, 0.4) is 0 Å². The highest BCUT2D eigenvalue weighted by Crippen LogP contribution is 2.12. The Hall–Kier alpha value is -1.88. The molecule has 19 heavy (non-hydrogen) atoms. The molecule has 0 saturated carbocycles. The summed E-state index contributed by atoms with van der Waals surface area (Å²) in [6.45, 7) is 5.65. The molecule has 0 radical (unpaired) electrons. The molecule has 0 saturated heterocycles. The summed E-state index contributed by atoms with van der Waals surface area (Å²) in [7, 11) is 1.97. The lowest BCUT2D eigenvalue weighted by atomic mass is 10.3. The molecule has 0 amide bonds. The van der Waals surface area contributed by atoms with E-state index in [1.165, 1.54) is 0 Å². The van der Waals surface area contributed by atoms with Gasteiger partial charge in [-0.2, -0.15) is 5.10 Å². The van der Waals surface area contributed by atoms with E-state index < -0.39 is 0 Å². The molecule has 2 rings (SSSR count). The molecule has 1 N–H and O–H groups in total. The minimum Gasteiger partial charge on any atom is -0.467 e. The van der Waals surface area contributed by atoms with Crippen molar-refractivity contribution in [2.45, 2.75) is 33.0 Å². The summed E-state index contributed by atoms with van der Waals surface area (Å²) in [5.41, 5.74) is 0.948. The lowest BCUT2D eigenvalue weighted by Crippen LogP contribution is -2.23. The van der Waals surface area contributed by atoms with Gasteiger partial charge in [-0.25, -0.2) is 0 Å². The molecule has 102 valence electrons. The molecular weight excluding hydrogens is 240 g/mol. The van der Waals surface area contributed by atoms with E-state index in [9.17, 15) is 0 Å². The molecule has 0 aliphatic heterocycles. The first kappa shape index (κ1) is 13.5. The molecule has 2 aromatic heterocycles. The van der Waals surface area contributed by atoms with Crippen molar-refractivity contribution in [1.29, 1.82) is 0 Å². The quantitative estimate of drug-likeness (QED) is 0.863. The summed E-state index contributed by atoms with van der Waals surface area (Å²) in [6.07, 6.45) is 1.68. The molecule has 5 nitrogen and oxygen atoms in total. The van der Waals surface area contributed by atoms with Crippen molar-refractivity contribution < 1.29 is 4.42 Å². The number of hydrogen-bond acceptors (Lipinski definition) is 5. The zero-order valence-corrected chi connectivity index (χ0v) is 11.6. The molecule has 0 aliphatic rings. The number of hydrogen-bond donors (Lipinski definition) is 1. The second-order valence-corrected chi connectivity index (χ2v) is 4.85. The van der Waals surface area contributed by atoms with Crippen molar-refractivity contribution in [2.24, 2.45) is 0 Å². The highest BCUT2D eigenvalue weighted by Gasteiger charge is 2.06. The molecular formula is C14H20N4O. The van der Waals surface area contributed by atoms with E-state index in [-0.39, 0.29) is 0 Å². The lowest BCUT2D eigenvalue weighted by molar-refractivity contribution is 0.506. The average Bonchev–Trinajstić information content (AvgIpc) is 2.89. The zero-order valence-electron chi connectivity index (χ0n) is 11.6. The van der Waals surface area contributed by atoms with Gasteiger partial charge >= 0.3 is 0 Å². The molecule has 2 aromatic rings. The molecule has 0 bridgehead atoms. The molecule has 0 aliphatic carbocycles. The SMILES string of the molecule is CC(C)NCc1ccc(N(C)Cc2ccco2)nn1. The van der Waals surface area contributed by atoms with Crippen molar-refractivity contribution in [3.05, 3.63) is 42.0 Å². The predicted octanol–water partition coefficient (Wildman–Crippen LogP) is 2.20. The number of rotatable bonds is 6. The van der Waals surface area contributed by atoms with E-state index in [1.807, 2.05) is 36.2 Å². The fourth-order valence-electron chi connectivity index (χ4n) is 1.68. The second kappa shape index (κ2) is 6.33. The summed E-state index contributed by atoms with van der Waals surface area (Å²) >= 11 is 0. The first-order valence-corrected chi connectivity index (χ1v) is 6.44. The second-order valence-electron chi connectivity index (χ2n) is 4.85. The molecule has 0 fully saturated rings. The van der Waals surface area contributed by atoms with Gasteiger partial charge in [-0.1, -0.05) is 13.8 Å². The van der Waals surface area contributed by atoms with Gasteiger partial charge in [-0.05, 0) is 24.3 Å². The molecule has 0 spiro atoms. The average molecular weight is 260 g/mol. The van der Waals surface area contributed by atoms with Crippen LogP contribution >= 0.6 is 0 Å². The largest absolute Gasteiger partial charge is 0.467 e. The van der Waals surface area contributed by atoms with Crippen LogP contribution in [0.1, 0.15) is 25.3 Å². The van der Waals surface area contributed by atoms with E-state index >= 15 is 0 Å². The minimum absolute atomic E-state index is 0.447. The first-order valence-electron chi connectivity index (χ1n) is 6.44. The maximum absolute atomic E-state index is 5.31. The van der Waals surface area contributed by atoms with Crippen LogP contribution in [0.25, 0.3) is 0 Å². The van der Waals surface area contributed by atoms with Crippen LogP contribution in [0.5, 0.6) is 0 Å². The summed E-state index contributed by atoms with van der Waals surface area (Å²) in [5.74, 6) is 1.75. The van der Waals surface area contributed by atoms with Crippen molar-refractivity contribution in [3.63, 3.8) is 0 Å². The van der Waals surface area contributed by atoms with E-state index in [4.69, 9.17) is 4.42 Å². The van der Waals surface area contributed by atoms with Gasteiger partial charge in [0.2, 0.25) is 0 Å². The van der Waals surface area contributed by atoms with Crippen LogP contribution in [-0.2, 0) is 13.1 Å². The van der Waals surface area contributed by atoms with E-state index in [1.54, 1.807) is 6.26 Å². The normalized spacial score (nSPS) is 10.9. The van der Waals surface area contributed by atoms with Crippen LogP contribution in [0.15, 0.2) is 34.9 Å². The van der Waals surface area contributed by atoms with Crippen LogP contribution in [0.4, 0.5) is 5.82 Å². The topological polar surface area (TPSA) is 54.2 Å². The van der Waals surface area contributed by atoms with Crippen molar-refractivity contribution >= 4 is 5.82 Å². The van der Waals surface area contributed by atoms with Gasteiger partial charge in [0.1, 0.15) is 5.76 Å². The monoisotopic (exact) mass is 260 g/mol. The fraction of sp³-hybridized carbons (Fsp3) is 0.429. The smallest absolute Gasteiger partial charge is 0.151 e. The highest BCUT2D eigenvalue weighted by molar-refractivity contribution is 5.36. The number of nitrogens with zero attached hydrogens (tertiary/aromatic N) is 3. The predicted molar refractivity (Wildman–Crippen MR) is 74.8 cm³/mol. The first-order chi connectivity index (χ1) is 9.15. The molecule has 0 atom stereocenters. The van der Waals surface area contributed by atoms with Crippen LogP contribution in [0.2, 0.25) is 0 Å². The van der Waals surface area contributed by atoms with Gasteiger partial charge < -0.3 is 14.6 Å². The highest BCUT2D eigenvalue weighted by atomic mass is 16.3. The maximum atomic E-state index is 5.31. The Labute approximate surface area is 113 Å². The van der Waals surface area contributed by atoms with Gasteiger partial charge in [0.05, 0.1) is 18.5 Å². The summed E-state index contributed by atoms with van der Waals surface area (Å²) in [6, 6.07) is 8.26. The van der Waals surface area contributed by atoms with Crippen molar-refractivity contribution in [1.82, 2.24) is 15.5 Å². The Bertz CT molecular complexity index is 479. The molecule has 0 unspecified atom stereocenters. The van der Waals surface area contributed by atoms with Gasteiger partial charge in [0.15, 0.2) is 5.82 Å². The lowest BCUT2D eigenvalue weighted by Gasteiger charge is -2.16. The Morgan fingerprint density at radius 3 is 2.68 bits per heavy atom. The van der Waals surface area contributed by atoms with Crippen molar-refractivity contribution in [3.8, 4) is 0 Å². The van der Waals surface area contributed by atoms with Crippen LogP contribution < -0.4 is 10.2 Å². The Morgan fingerprint density at radius 2 is 2.11 bits per heavy atom. The van der Waals surface area contributed by atoms with E-state index in [2.05, 4.69) is 29.4 Å². The van der Waals surface area contributed by atoms with Gasteiger partial charge in [0, 0.05) is 19.6 Å². The maximum Gasteiger partial charge on any atom is 0.151 e. The van der Waals surface area contributed by atoms with Gasteiger partial charge in [0.25, 0.3) is 0 Å². The van der Waals surface area contributed by atoms with Crippen LogP contribution in [-0.4, -0.2) is 23.3 Å². The van der Waals surface area contributed by atoms with Gasteiger partial charge in [-0.15, -0.1) is 5.10 Å². The third-order valence-electron chi connectivity index (χ3n) is 2.76. The third-order valence-corrected chi connectivity index (χ3v) is 2.76. The Balaban J connectivity index is 1.93. The number of anilines is 1. The molecule has 5 heteroatoms. The number of nitrogens with one attached hydrogen (secondary N) is 1. The summed E-state index contributed by atoms with van der Waals surface area (Å²) in [5, 5.41) is 11.8. The van der Waals surface area contributed by atoms with E-state index in [0.717, 1.165) is 23.8 Å². The summed E-state index contributed by atoms with van der Waals surface area (Å²) < 4.78 is 5.31. The Morgan fingerprint density at radius 1 is 1.26 bits per heavy atom. The van der Waals surface area contributed by atoms with E-state index in [0.29, 0.717) is 12.6 Å². The fourth-order valence-corrected chi connectivity index (χ4v) is 1.68. The summed E-state index contributed by atoms with van der Waals surface area (Å²) in [4.78, 5) is 2.01. The Kier molecular flexibility index (Phi) is 4.52. The molecule has 2 heterocycles. The third kappa shape index (κ3) is 4.06. The van der Waals surface area contributed by atoms with Crippen molar-refractivity contribution in [2.75, 3.05) is 11.9 Å². The standard InChI is InChI=1S/C14H20N4O/c1-11(2)15-9-12-6-7-14(17-16-12)18(3)10-13-5-4-8-19-13/h4-8,11,15H,9-10H2,1-3H3. The number of furan rings is 1. The van der Waals surface area contributed by atoms with Gasteiger partial charge in [-0.3, -0.25) is 0 Å². The van der Waals surface area contributed by atoms with Crippen LogP contribution in [0, 0.1) is 0 Å². The minimum atomic E-state index is 0.447. The number of aromatic nitrogens is 2. The molecule has 0 aromatic carbocycles. The zero-order chi connectivity index (χ0) is 13.7.